The Morgan fingerprint density at radius 2 is 2.06 bits per heavy atom. The number of sulfonamides is 1. The van der Waals surface area contributed by atoms with Crippen LogP contribution in [0, 0.1) is 17.8 Å². The number of fused-ring (bicyclic) bond motifs is 2. The molecule has 0 radical (unpaired) electrons. The molecule has 104 valence electrons. The van der Waals surface area contributed by atoms with E-state index in [9.17, 15) is 8.42 Å². The van der Waals surface area contributed by atoms with Crippen molar-refractivity contribution in [3.05, 3.63) is 0 Å². The van der Waals surface area contributed by atoms with Crippen LogP contribution in [0.5, 0.6) is 0 Å². The van der Waals surface area contributed by atoms with Crippen molar-refractivity contribution < 1.29 is 8.42 Å². The van der Waals surface area contributed by atoms with Gasteiger partial charge in [0.25, 0.3) is 0 Å². The van der Waals surface area contributed by atoms with Crippen molar-refractivity contribution in [3.63, 3.8) is 0 Å². The summed E-state index contributed by atoms with van der Waals surface area (Å²) in [7, 11) is -3.13. The molecule has 0 aromatic carbocycles. The Hall–Kier alpha value is -0.130. The predicted octanol–water partition coefficient (Wildman–Crippen LogP) is 1.09. The summed E-state index contributed by atoms with van der Waals surface area (Å²) in [4.78, 5) is 0. The van der Waals surface area contributed by atoms with E-state index in [1.165, 1.54) is 25.7 Å². The summed E-state index contributed by atoms with van der Waals surface area (Å²) in [6.45, 7) is 3.50. The van der Waals surface area contributed by atoms with E-state index in [-0.39, 0.29) is 11.3 Å². The van der Waals surface area contributed by atoms with E-state index in [1.54, 1.807) is 0 Å². The summed E-state index contributed by atoms with van der Waals surface area (Å²) in [5, 5.41) is 2.91. The smallest absolute Gasteiger partial charge is 0.216 e. The molecule has 3 fully saturated rings. The van der Waals surface area contributed by atoms with Crippen LogP contribution in [0.25, 0.3) is 0 Å². The third-order valence-corrected chi connectivity index (χ3v) is 7.22. The molecule has 0 spiro atoms. The zero-order valence-corrected chi connectivity index (χ0v) is 11.9. The predicted molar refractivity (Wildman–Crippen MR) is 71.7 cm³/mol. The molecule has 4 nitrogen and oxygen atoms in total. The molecule has 0 aromatic rings. The van der Waals surface area contributed by atoms with Gasteiger partial charge in [0.1, 0.15) is 0 Å². The third kappa shape index (κ3) is 2.32. The molecule has 2 aliphatic carbocycles. The lowest BCUT2D eigenvalue weighted by atomic mass is 9.84. The minimum absolute atomic E-state index is 0.117. The molecule has 1 saturated heterocycles. The highest BCUT2D eigenvalue weighted by Crippen LogP contribution is 2.49. The molecule has 2 N–H and O–H groups in total. The van der Waals surface area contributed by atoms with Crippen molar-refractivity contribution in [2.75, 3.05) is 13.1 Å². The van der Waals surface area contributed by atoms with E-state index in [4.69, 9.17) is 0 Å². The molecule has 0 amide bonds. The van der Waals surface area contributed by atoms with Gasteiger partial charge in [0.05, 0.1) is 5.25 Å². The second kappa shape index (κ2) is 4.76. The Morgan fingerprint density at radius 3 is 2.61 bits per heavy atom. The van der Waals surface area contributed by atoms with Crippen LogP contribution in [-0.2, 0) is 10.0 Å². The van der Waals surface area contributed by atoms with Crippen LogP contribution in [-0.4, -0.2) is 32.8 Å². The summed E-state index contributed by atoms with van der Waals surface area (Å²) in [6.07, 6.45) is 6.00. The largest absolute Gasteiger partial charge is 0.315 e. The number of nitrogens with one attached hydrogen (secondary N) is 2. The lowest BCUT2D eigenvalue weighted by Crippen LogP contribution is -2.44. The van der Waals surface area contributed by atoms with Crippen LogP contribution in [0.2, 0.25) is 0 Å². The summed E-state index contributed by atoms with van der Waals surface area (Å²) < 4.78 is 27.5. The lowest BCUT2D eigenvalue weighted by Gasteiger charge is -2.29. The monoisotopic (exact) mass is 272 g/mol. The molecule has 5 heteroatoms. The standard InChI is InChI=1S/C13H24N2O2S/c1-9(13-7-10-2-3-11(13)6-10)15-18(16,17)12-4-5-14-8-12/h9-15H,2-8H2,1H3. The molecule has 1 aliphatic heterocycles. The van der Waals surface area contributed by atoms with E-state index in [2.05, 4.69) is 17.0 Å². The number of hydrogen-bond donors (Lipinski definition) is 2. The normalized spacial score (nSPS) is 41.4. The molecule has 0 aromatic heterocycles. The van der Waals surface area contributed by atoms with Crippen molar-refractivity contribution in [2.24, 2.45) is 17.8 Å². The van der Waals surface area contributed by atoms with E-state index in [1.807, 2.05) is 0 Å². The average Bonchev–Trinajstić information content (AvgIpc) is 3.05. The van der Waals surface area contributed by atoms with E-state index < -0.39 is 10.0 Å². The molecule has 2 saturated carbocycles. The van der Waals surface area contributed by atoms with Gasteiger partial charge in [0, 0.05) is 12.6 Å². The van der Waals surface area contributed by atoms with Crippen molar-refractivity contribution in [1.82, 2.24) is 10.0 Å². The van der Waals surface area contributed by atoms with Gasteiger partial charge in [-0.25, -0.2) is 13.1 Å². The first-order chi connectivity index (χ1) is 8.56. The highest BCUT2D eigenvalue weighted by Gasteiger charge is 2.43. The van der Waals surface area contributed by atoms with Gasteiger partial charge >= 0.3 is 0 Å². The summed E-state index contributed by atoms with van der Waals surface area (Å²) in [5.74, 6) is 2.22. The Kier molecular flexibility index (Phi) is 3.41. The van der Waals surface area contributed by atoms with Crippen LogP contribution >= 0.6 is 0 Å². The van der Waals surface area contributed by atoms with Gasteiger partial charge < -0.3 is 5.32 Å². The molecule has 3 rings (SSSR count). The Labute approximate surface area is 110 Å². The third-order valence-electron chi connectivity index (χ3n) is 5.24. The van der Waals surface area contributed by atoms with Gasteiger partial charge in [-0.2, -0.15) is 0 Å². The number of rotatable bonds is 4. The van der Waals surface area contributed by atoms with Crippen LogP contribution in [0.3, 0.4) is 0 Å². The first kappa shape index (κ1) is 12.9. The quantitative estimate of drug-likeness (QED) is 0.805. The van der Waals surface area contributed by atoms with Gasteiger partial charge in [-0.15, -0.1) is 0 Å². The minimum Gasteiger partial charge on any atom is -0.315 e. The molecule has 5 unspecified atom stereocenters. The van der Waals surface area contributed by atoms with Crippen LogP contribution in [0.1, 0.15) is 39.0 Å². The van der Waals surface area contributed by atoms with Gasteiger partial charge in [-0.1, -0.05) is 6.42 Å². The average molecular weight is 272 g/mol. The molecular formula is C13H24N2O2S. The second-order valence-electron chi connectivity index (χ2n) is 6.41. The lowest BCUT2D eigenvalue weighted by molar-refractivity contribution is 0.280. The minimum atomic E-state index is -3.13. The maximum Gasteiger partial charge on any atom is 0.216 e. The molecule has 3 aliphatic rings. The molecular weight excluding hydrogens is 248 g/mol. The van der Waals surface area contributed by atoms with Gasteiger partial charge in [0.15, 0.2) is 0 Å². The zero-order valence-electron chi connectivity index (χ0n) is 11.1. The van der Waals surface area contributed by atoms with Gasteiger partial charge in [-0.3, -0.25) is 0 Å². The molecule has 18 heavy (non-hydrogen) atoms. The Morgan fingerprint density at radius 1 is 1.22 bits per heavy atom. The van der Waals surface area contributed by atoms with Gasteiger partial charge in [-0.05, 0) is 56.9 Å². The fourth-order valence-corrected chi connectivity index (χ4v) is 5.89. The summed E-state index contributed by atoms with van der Waals surface area (Å²) in [6, 6.07) is 0.117. The molecule has 2 bridgehead atoms. The summed E-state index contributed by atoms with van der Waals surface area (Å²) in [5.41, 5.74) is 0. The maximum atomic E-state index is 12.3. The van der Waals surface area contributed by atoms with Gasteiger partial charge in [0.2, 0.25) is 10.0 Å². The van der Waals surface area contributed by atoms with E-state index in [0.29, 0.717) is 12.5 Å². The fraction of sp³-hybridized carbons (Fsp3) is 1.00. The van der Waals surface area contributed by atoms with Crippen LogP contribution in [0.15, 0.2) is 0 Å². The van der Waals surface area contributed by atoms with Crippen LogP contribution in [0.4, 0.5) is 0 Å². The number of hydrogen-bond acceptors (Lipinski definition) is 3. The highest BCUT2D eigenvalue weighted by molar-refractivity contribution is 7.90. The summed E-state index contributed by atoms with van der Waals surface area (Å²) >= 11 is 0. The van der Waals surface area contributed by atoms with Crippen molar-refractivity contribution in [3.8, 4) is 0 Å². The first-order valence-electron chi connectivity index (χ1n) is 7.28. The topological polar surface area (TPSA) is 58.2 Å². The van der Waals surface area contributed by atoms with Crippen molar-refractivity contribution in [1.29, 1.82) is 0 Å². The fourth-order valence-electron chi connectivity index (χ4n) is 4.24. The molecule has 1 heterocycles. The van der Waals surface area contributed by atoms with Crippen molar-refractivity contribution >= 4 is 10.0 Å². The first-order valence-corrected chi connectivity index (χ1v) is 8.83. The Balaban J connectivity index is 1.62. The Bertz CT molecular complexity index is 403. The van der Waals surface area contributed by atoms with E-state index in [0.717, 1.165) is 24.8 Å². The highest BCUT2D eigenvalue weighted by atomic mass is 32.2. The molecule has 5 atom stereocenters. The zero-order chi connectivity index (χ0) is 12.8. The SMILES string of the molecule is CC(NS(=O)(=O)C1CCNC1)C1CC2CCC1C2. The van der Waals surface area contributed by atoms with E-state index >= 15 is 0 Å². The second-order valence-corrected chi connectivity index (χ2v) is 8.40. The maximum absolute atomic E-state index is 12.3. The van der Waals surface area contributed by atoms with Crippen molar-refractivity contribution in [2.45, 2.75) is 50.3 Å². The van der Waals surface area contributed by atoms with Crippen LogP contribution < -0.4 is 10.0 Å².